The van der Waals surface area contributed by atoms with Crippen molar-refractivity contribution in [2.24, 2.45) is 17.3 Å². The molecule has 4 heterocycles. The van der Waals surface area contributed by atoms with Gasteiger partial charge in [-0.15, -0.1) is 34.4 Å². The molecule has 5 atom stereocenters. The third-order valence-electron chi connectivity index (χ3n) is 10.4. The number of ether oxygens (including phenoxy) is 2. The zero-order valence-corrected chi connectivity index (χ0v) is 34.2. The Kier molecular flexibility index (Phi) is 11.0. The Balaban J connectivity index is 1.21. The second-order valence-electron chi connectivity index (χ2n) is 15.3. The van der Waals surface area contributed by atoms with Crippen LogP contribution < -0.4 is 19.5 Å². The summed E-state index contributed by atoms with van der Waals surface area (Å²) >= 11 is 2.40. The molecule has 2 aliphatic carbocycles. The van der Waals surface area contributed by atoms with E-state index in [1.807, 2.05) is 22.2 Å². The number of rotatable bonds is 14. The number of likely N-dealkylation sites (tertiary alicyclic amines) is 1. The second-order valence-corrected chi connectivity index (χ2v) is 18.6. The van der Waals surface area contributed by atoms with Gasteiger partial charge in [-0.2, -0.15) is 18.3 Å². The lowest BCUT2D eigenvalue weighted by Gasteiger charge is -2.35. The monoisotopic (exact) mass is 837 g/mol. The van der Waals surface area contributed by atoms with Crippen molar-refractivity contribution in [3.8, 4) is 27.7 Å². The van der Waals surface area contributed by atoms with Crippen LogP contribution in [0.5, 0.6) is 5.75 Å². The summed E-state index contributed by atoms with van der Waals surface area (Å²) in [4.78, 5) is 67.8. The topological polar surface area (TPSA) is 217 Å². The first-order valence-corrected chi connectivity index (χ1v) is 21.6. The van der Waals surface area contributed by atoms with Crippen molar-refractivity contribution in [1.82, 2.24) is 39.9 Å². The fraction of sp³-hybridized carbons (Fsp3) is 0.459. The number of anilines is 1. The normalized spacial score (nSPS) is 22.5. The first-order valence-electron chi connectivity index (χ1n) is 18.3. The van der Waals surface area contributed by atoms with E-state index in [4.69, 9.17) is 19.7 Å². The predicted octanol–water partition coefficient (Wildman–Crippen LogP) is 3.97. The van der Waals surface area contributed by atoms with Crippen LogP contribution in [-0.2, 0) is 34.1 Å². The molecular weight excluding hydrogens is 795 g/mol. The van der Waals surface area contributed by atoms with Gasteiger partial charge in [-0.25, -0.2) is 19.4 Å². The minimum atomic E-state index is -4.43. The van der Waals surface area contributed by atoms with Crippen molar-refractivity contribution >= 4 is 61.7 Å². The number of esters is 1. The summed E-state index contributed by atoms with van der Waals surface area (Å²) in [6.45, 7) is 8.99. The van der Waals surface area contributed by atoms with E-state index in [0.29, 0.717) is 35.0 Å². The summed E-state index contributed by atoms with van der Waals surface area (Å²) in [7, 11) is -2.86. The number of amides is 3. The number of thiazole rings is 2. The van der Waals surface area contributed by atoms with Gasteiger partial charge in [-0.05, 0) is 55.4 Å². The Morgan fingerprint density at radius 1 is 1.04 bits per heavy atom. The SMILES string of the molecule is C=C[C@@H]1C[C@@]1(NC(=O)[C@@H]1C[C@@H](n2nc(-c3ccc(OC)cc3)c(-c3nccs3)n2)CN1C(=O)[C@H](C(=O)OC1CCC1)C(C)(C)C)C(=O)NS(=O)(=O)Nc1nccs1. The quantitative estimate of drug-likeness (QED) is 0.0935. The van der Waals surface area contributed by atoms with Gasteiger partial charge in [0.05, 0.1) is 13.2 Å². The molecule has 3 aromatic heterocycles. The van der Waals surface area contributed by atoms with E-state index in [0.717, 1.165) is 23.3 Å². The molecule has 0 bridgehead atoms. The summed E-state index contributed by atoms with van der Waals surface area (Å²) in [5, 5.41) is 16.5. The molecule has 2 saturated carbocycles. The van der Waals surface area contributed by atoms with Crippen LogP contribution in [0, 0.1) is 17.3 Å². The van der Waals surface area contributed by atoms with E-state index < -0.39 is 68.8 Å². The number of carbonyl (C=O) groups is 4. The summed E-state index contributed by atoms with van der Waals surface area (Å²) in [5.41, 5.74) is -0.836. The molecule has 3 fully saturated rings. The minimum absolute atomic E-state index is 0.000503. The van der Waals surface area contributed by atoms with Crippen LogP contribution in [0.2, 0.25) is 0 Å². The maximum Gasteiger partial charge on any atom is 0.325 e. The van der Waals surface area contributed by atoms with Crippen molar-refractivity contribution in [2.75, 3.05) is 18.4 Å². The standard InChI is InChI=1S/C37H43N9O8S3/c1-6-22-19-37(22,34(50)43-57(51,52)44-35-39-15-17-56-35)40-30(47)26-18-23(20-45(26)32(48)27(36(2,3)4)33(49)54-25-8-7-9-25)46-41-28(21-10-12-24(53-5)13-11-21)29(42-46)31-38-14-16-55-31/h6,10-17,22-23,25-27H,1,7-9,18-20H2,2-5H3,(H,39,44)(H,40,47)(H,43,50)/t22-,23-,26+,27-,37+/m1/s1. The summed E-state index contributed by atoms with van der Waals surface area (Å²) in [6.07, 6.45) is 6.64. The Labute approximate surface area is 337 Å². The number of benzene rings is 1. The number of nitrogens with zero attached hydrogens (tertiary/aromatic N) is 6. The first-order chi connectivity index (χ1) is 27.1. The lowest BCUT2D eigenvalue weighted by atomic mass is 9.79. The Bertz CT molecular complexity index is 2250. The maximum absolute atomic E-state index is 14.7. The third kappa shape index (κ3) is 8.29. The highest BCUT2D eigenvalue weighted by atomic mass is 32.2. The molecule has 1 aliphatic heterocycles. The van der Waals surface area contributed by atoms with Crippen molar-refractivity contribution in [3.05, 3.63) is 60.1 Å². The lowest BCUT2D eigenvalue weighted by Crippen LogP contribution is -2.58. The van der Waals surface area contributed by atoms with Gasteiger partial charge in [0.25, 0.3) is 5.91 Å². The summed E-state index contributed by atoms with van der Waals surface area (Å²) in [5.74, 6) is -4.23. The van der Waals surface area contributed by atoms with Crippen LogP contribution in [0.3, 0.4) is 0 Å². The molecule has 3 aliphatic rings. The van der Waals surface area contributed by atoms with Gasteiger partial charge >= 0.3 is 16.2 Å². The average Bonchev–Trinajstić information content (AvgIpc) is 3.78. The van der Waals surface area contributed by atoms with Crippen LogP contribution >= 0.6 is 22.7 Å². The molecule has 1 saturated heterocycles. The van der Waals surface area contributed by atoms with Crippen molar-refractivity contribution in [2.45, 2.75) is 76.6 Å². The average molecular weight is 838 g/mol. The number of hydrogen-bond acceptors (Lipinski definition) is 14. The zero-order chi connectivity index (χ0) is 40.7. The van der Waals surface area contributed by atoms with Gasteiger partial charge in [0.1, 0.15) is 45.7 Å². The molecule has 57 heavy (non-hydrogen) atoms. The zero-order valence-electron chi connectivity index (χ0n) is 31.7. The van der Waals surface area contributed by atoms with E-state index in [2.05, 4.69) is 26.6 Å². The van der Waals surface area contributed by atoms with E-state index in [-0.39, 0.29) is 30.6 Å². The molecule has 3 N–H and O–H groups in total. The van der Waals surface area contributed by atoms with Crippen LogP contribution in [0.4, 0.5) is 5.13 Å². The van der Waals surface area contributed by atoms with Gasteiger partial charge in [0, 0.05) is 47.6 Å². The number of methoxy groups -OCH3 is 1. The van der Waals surface area contributed by atoms with Crippen LogP contribution in [-0.4, -0.2) is 93.3 Å². The third-order valence-corrected chi connectivity index (χ3v) is 12.9. The van der Waals surface area contributed by atoms with Gasteiger partial charge in [0.15, 0.2) is 5.13 Å². The molecule has 7 rings (SSSR count). The van der Waals surface area contributed by atoms with Gasteiger partial charge in [0.2, 0.25) is 11.8 Å². The summed E-state index contributed by atoms with van der Waals surface area (Å²) in [6, 6.07) is 5.40. The molecule has 17 nitrogen and oxygen atoms in total. The van der Waals surface area contributed by atoms with E-state index in [1.54, 1.807) is 51.6 Å². The van der Waals surface area contributed by atoms with Crippen LogP contribution in [0.1, 0.15) is 58.9 Å². The highest BCUT2D eigenvalue weighted by molar-refractivity contribution is 7.91. The Hall–Kier alpha value is -5.21. The molecule has 1 aromatic carbocycles. The number of carbonyl (C=O) groups excluding carboxylic acids is 4. The van der Waals surface area contributed by atoms with E-state index in [9.17, 15) is 27.6 Å². The fourth-order valence-electron chi connectivity index (χ4n) is 7.06. The first kappa shape index (κ1) is 40.0. The molecule has 0 unspecified atom stereocenters. The fourth-order valence-corrected chi connectivity index (χ4v) is 9.34. The van der Waals surface area contributed by atoms with Gasteiger partial charge < -0.3 is 19.7 Å². The largest absolute Gasteiger partial charge is 0.497 e. The Morgan fingerprint density at radius 2 is 1.74 bits per heavy atom. The van der Waals surface area contributed by atoms with Crippen molar-refractivity contribution in [3.63, 3.8) is 0 Å². The molecule has 4 aromatic rings. The predicted molar refractivity (Wildman–Crippen MR) is 211 cm³/mol. The highest BCUT2D eigenvalue weighted by Gasteiger charge is 2.62. The second kappa shape index (κ2) is 15.6. The number of nitrogens with one attached hydrogen (secondary N) is 3. The molecule has 20 heteroatoms. The molecular formula is C37H43N9O8S3. The van der Waals surface area contributed by atoms with E-state index >= 15 is 0 Å². The smallest absolute Gasteiger partial charge is 0.325 e. The van der Waals surface area contributed by atoms with Crippen molar-refractivity contribution in [1.29, 1.82) is 0 Å². The lowest BCUT2D eigenvalue weighted by molar-refractivity contribution is -0.169. The maximum atomic E-state index is 14.7. The molecule has 302 valence electrons. The molecule has 3 amide bonds. The minimum Gasteiger partial charge on any atom is -0.497 e. The van der Waals surface area contributed by atoms with Gasteiger partial charge in [-0.3, -0.25) is 19.2 Å². The molecule has 0 radical (unpaired) electrons. The highest BCUT2D eigenvalue weighted by Crippen LogP contribution is 2.46. The van der Waals surface area contributed by atoms with Gasteiger partial charge in [-0.1, -0.05) is 26.8 Å². The van der Waals surface area contributed by atoms with Crippen molar-refractivity contribution < 1.29 is 37.1 Å². The molecule has 0 spiro atoms. The summed E-state index contributed by atoms with van der Waals surface area (Å²) < 4.78 is 41.1. The van der Waals surface area contributed by atoms with Crippen LogP contribution in [0.15, 0.2) is 60.1 Å². The number of hydrogen-bond donors (Lipinski definition) is 3. The van der Waals surface area contributed by atoms with E-state index in [1.165, 1.54) is 33.3 Å². The van der Waals surface area contributed by atoms with Crippen LogP contribution in [0.25, 0.3) is 22.0 Å². The number of aromatic nitrogens is 5. The Morgan fingerprint density at radius 3 is 2.32 bits per heavy atom.